The van der Waals surface area contributed by atoms with Gasteiger partial charge in [0.1, 0.15) is 11.3 Å². The summed E-state index contributed by atoms with van der Waals surface area (Å²) in [6.07, 6.45) is 1.36. The first-order chi connectivity index (χ1) is 8.51. The van der Waals surface area contributed by atoms with Crippen molar-refractivity contribution in [1.82, 2.24) is 5.32 Å². The molecule has 1 aromatic rings. The number of rotatable bonds is 7. The molecule has 1 rings (SSSR count). The number of carboxylic acids is 1. The zero-order valence-electron chi connectivity index (χ0n) is 11.2. The molecule has 0 fully saturated rings. The molecule has 0 aliphatic heterocycles. The van der Waals surface area contributed by atoms with Crippen LogP contribution in [0.25, 0.3) is 0 Å². The summed E-state index contributed by atoms with van der Waals surface area (Å²) in [4.78, 5) is 11.4. The number of methoxy groups -OCH3 is 1. The van der Waals surface area contributed by atoms with Crippen molar-refractivity contribution in [3.8, 4) is 5.75 Å². The first-order valence-corrected chi connectivity index (χ1v) is 6.13. The van der Waals surface area contributed by atoms with Crippen molar-refractivity contribution in [2.45, 2.75) is 32.2 Å². The van der Waals surface area contributed by atoms with Gasteiger partial charge in [0, 0.05) is 6.42 Å². The second-order valence-corrected chi connectivity index (χ2v) is 4.59. The first-order valence-electron chi connectivity index (χ1n) is 6.13. The minimum atomic E-state index is -0.926. The molecule has 0 spiro atoms. The molecule has 1 aromatic carbocycles. The summed E-state index contributed by atoms with van der Waals surface area (Å²) in [7, 11) is 1.61. The number of ether oxygens (including phenoxy) is 1. The quantitative estimate of drug-likeness (QED) is 0.779. The van der Waals surface area contributed by atoms with Gasteiger partial charge in [0.25, 0.3) is 0 Å². The van der Waals surface area contributed by atoms with Gasteiger partial charge in [-0.25, -0.2) is 0 Å². The van der Waals surface area contributed by atoms with Crippen LogP contribution in [-0.4, -0.2) is 30.3 Å². The van der Waals surface area contributed by atoms with Crippen LogP contribution in [0, 0.1) is 0 Å². The molecular formula is C14H21NO3. The summed E-state index contributed by atoms with van der Waals surface area (Å²) >= 11 is 0. The highest BCUT2D eigenvalue weighted by molar-refractivity contribution is 5.78. The number of aliphatic carboxylic acids is 1. The van der Waals surface area contributed by atoms with Crippen LogP contribution in [0.4, 0.5) is 0 Å². The molecular weight excluding hydrogens is 230 g/mol. The maximum absolute atomic E-state index is 11.4. The number of nitrogens with one attached hydrogen (secondary N) is 1. The molecule has 0 aliphatic rings. The molecule has 18 heavy (non-hydrogen) atoms. The molecule has 4 nitrogen and oxygen atoms in total. The Bertz CT molecular complexity index is 389. The average molecular weight is 251 g/mol. The SMILES string of the molecule is CCCNC(C)(Cc1ccc(OC)cc1)C(=O)O. The van der Waals surface area contributed by atoms with Gasteiger partial charge in [0.2, 0.25) is 0 Å². The zero-order valence-corrected chi connectivity index (χ0v) is 11.2. The predicted octanol–water partition coefficient (Wildman–Crippen LogP) is 2.08. The van der Waals surface area contributed by atoms with Gasteiger partial charge < -0.3 is 15.2 Å². The lowest BCUT2D eigenvalue weighted by molar-refractivity contribution is -0.144. The van der Waals surface area contributed by atoms with E-state index >= 15 is 0 Å². The van der Waals surface area contributed by atoms with Gasteiger partial charge in [0.05, 0.1) is 7.11 Å². The topological polar surface area (TPSA) is 58.6 Å². The minimum absolute atomic E-state index is 0.451. The van der Waals surface area contributed by atoms with Gasteiger partial charge in [0.15, 0.2) is 0 Å². The predicted molar refractivity (Wildman–Crippen MR) is 71.0 cm³/mol. The maximum Gasteiger partial charge on any atom is 0.323 e. The van der Waals surface area contributed by atoms with Crippen LogP contribution in [0.3, 0.4) is 0 Å². The molecule has 0 saturated heterocycles. The fourth-order valence-corrected chi connectivity index (χ4v) is 1.77. The monoisotopic (exact) mass is 251 g/mol. The summed E-state index contributed by atoms with van der Waals surface area (Å²) in [5, 5.41) is 12.4. The highest BCUT2D eigenvalue weighted by Gasteiger charge is 2.32. The smallest absolute Gasteiger partial charge is 0.323 e. The third-order valence-corrected chi connectivity index (χ3v) is 2.95. The largest absolute Gasteiger partial charge is 0.497 e. The molecule has 2 N–H and O–H groups in total. The zero-order chi connectivity index (χ0) is 13.6. The Morgan fingerprint density at radius 2 is 2.00 bits per heavy atom. The Balaban J connectivity index is 2.79. The van der Waals surface area contributed by atoms with Crippen LogP contribution in [0.15, 0.2) is 24.3 Å². The van der Waals surface area contributed by atoms with Crippen LogP contribution in [0.5, 0.6) is 5.75 Å². The van der Waals surface area contributed by atoms with Gasteiger partial charge >= 0.3 is 5.97 Å². The average Bonchev–Trinajstić information content (AvgIpc) is 2.37. The Hall–Kier alpha value is -1.55. The van der Waals surface area contributed by atoms with Crippen LogP contribution < -0.4 is 10.1 Å². The highest BCUT2D eigenvalue weighted by Crippen LogP contribution is 2.17. The van der Waals surface area contributed by atoms with Crippen molar-refractivity contribution in [3.05, 3.63) is 29.8 Å². The fraction of sp³-hybridized carbons (Fsp3) is 0.500. The van der Waals surface area contributed by atoms with Crippen LogP contribution >= 0.6 is 0 Å². The van der Waals surface area contributed by atoms with Crippen molar-refractivity contribution in [2.75, 3.05) is 13.7 Å². The van der Waals surface area contributed by atoms with Gasteiger partial charge in [-0.3, -0.25) is 4.79 Å². The van der Waals surface area contributed by atoms with Crippen molar-refractivity contribution in [3.63, 3.8) is 0 Å². The standard InChI is InChI=1S/C14H21NO3/c1-4-9-15-14(2,13(16)17)10-11-5-7-12(18-3)8-6-11/h5-8,15H,4,9-10H2,1-3H3,(H,16,17). The van der Waals surface area contributed by atoms with Gasteiger partial charge in [-0.15, -0.1) is 0 Å². The van der Waals surface area contributed by atoms with E-state index in [0.29, 0.717) is 13.0 Å². The van der Waals surface area contributed by atoms with E-state index in [1.165, 1.54) is 0 Å². The van der Waals surface area contributed by atoms with Crippen LogP contribution in [0.1, 0.15) is 25.8 Å². The van der Waals surface area contributed by atoms with Crippen molar-refractivity contribution in [2.24, 2.45) is 0 Å². The van der Waals surface area contributed by atoms with Crippen LogP contribution in [-0.2, 0) is 11.2 Å². The number of carbonyl (C=O) groups is 1. The van der Waals surface area contributed by atoms with Crippen LogP contribution in [0.2, 0.25) is 0 Å². The molecule has 1 atom stereocenters. The lowest BCUT2D eigenvalue weighted by atomic mass is 9.92. The Kier molecular flexibility index (Phi) is 5.16. The summed E-state index contributed by atoms with van der Waals surface area (Å²) in [5.74, 6) is -0.0518. The first kappa shape index (κ1) is 14.5. The number of benzene rings is 1. The third-order valence-electron chi connectivity index (χ3n) is 2.95. The number of hydrogen-bond acceptors (Lipinski definition) is 3. The van der Waals surface area contributed by atoms with Gasteiger partial charge in [-0.05, 0) is 37.6 Å². The normalized spacial score (nSPS) is 13.9. The molecule has 0 saturated carbocycles. The second kappa shape index (κ2) is 6.40. The van der Waals surface area contributed by atoms with E-state index in [2.05, 4.69) is 5.32 Å². The number of hydrogen-bond donors (Lipinski definition) is 2. The second-order valence-electron chi connectivity index (χ2n) is 4.59. The molecule has 0 radical (unpaired) electrons. The summed E-state index contributed by atoms with van der Waals surface area (Å²) < 4.78 is 5.08. The van der Waals surface area contributed by atoms with E-state index in [9.17, 15) is 9.90 Å². The van der Waals surface area contributed by atoms with E-state index in [1.807, 2.05) is 31.2 Å². The van der Waals surface area contributed by atoms with Crippen molar-refractivity contribution >= 4 is 5.97 Å². The third kappa shape index (κ3) is 3.74. The van der Waals surface area contributed by atoms with E-state index in [0.717, 1.165) is 17.7 Å². The fourth-order valence-electron chi connectivity index (χ4n) is 1.77. The highest BCUT2D eigenvalue weighted by atomic mass is 16.5. The van der Waals surface area contributed by atoms with Gasteiger partial charge in [-0.2, -0.15) is 0 Å². The number of carboxylic acid groups (broad SMARTS) is 1. The summed E-state index contributed by atoms with van der Waals surface area (Å²) in [6, 6.07) is 7.48. The van der Waals surface area contributed by atoms with E-state index < -0.39 is 11.5 Å². The van der Waals surface area contributed by atoms with Gasteiger partial charge in [-0.1, -0.05) is 19.1 Å². The molecule has 0 bridgehead atoms. The molecule has 0 aromatic heterocycles. The lowest BCUT2D eigenvalue weighted by Crippen LogP contribution is -2.51. The Morgan fingerprint density at radius 1 is 1.39 bits per heavy atom. The minimum Gasteiger partial charge on any atom is -0.497 e. The maximum atomic E-state index is 11.4. The molecule has 4 heteroatoms. The molecule has 100 valence electrons. The summed E-state index contributed by atoms with van der Waals surface area (Å²) in [5.41, 5.74) is 0.0502. The van der Waals surface area contributed by atoms with E-state index in [4.69, 9.17) is 4.74 Å². The van der Waals surface area contributed by atoms with E-state index in [-0.39, 0.29) is 0 Å². The Labute approximate surface area is 108 Å². The lowest BCUT2D eigenvalue weighted by Gasteiger charge is -2.26. The van der Waals surface area contributed by atoms with Crippen molar-refractivity contribution < 1.29 is 14.6 Å². The molecule has 0 heterocycles. The summed E-state index contributed by atoms with van der Waals surface area (Å²) in [6.45, 7) is 4.43. The molecule has 1 unspecified atom stereocenters. The Morgan fingerprint density at radius 3 is 2.44 bits per heavy atom. The van der Waals surface area contributed by atoms with Crippen molar-refractivity contribution in [1.29, 1.82) is 0 Å². The van der Waals surface area contributed by atoms with E-state index in [1.54, 1.807) is 14.0 Å². The molecule has 0 aliphatic carbocycles. The molecule has 0 amide bonds.